The zero-order valence-electron chi connectivity index (χ0n) is 11.6. The summed E-state index contributed by atoms with van der Waals surface area (Å²) < 4.78 is 18.8. The SMILES string of the molecule is CCOc1ccc(CN(C)C(=O)C(C)CN)cc1F. The van der Waals surface area contributed by atoms with E-state index in [4.69, 9.17) is 10.5 Å². The standard InChI is InChI=1S/C14H21FN2O2/c1-4-19-13-6-5-11(7-12(13)15)9-17(3)14(18)10(2)8-16/h5-7,10H,4,8-9,16H2,1-3H3. The van der Waals surface area contributed by atoms with E-state index in [1.165, 1.54) is 6.07 Å². The average molecular weight is 268 g/mol. The highest BCUT2D eigenvalue weighted by molar-refractivity contribution is 5.78. The quantitative estimate of drug-likeness (QED) is 0.855. The molecule has 1 aromatic rings. The predicted octanol–water partition coefficient (Wildman–Crippen LogP) is 1.78. The van der Waals surface area contributed by atoms with Gasteiger partial charge in [-0.05, 0) is 24.6 Å². The van der Waals surface area contributed by atoms with Crippen molar-refractivity contribution >= 4 is 5.91 Å². The van der Waals surface area contributed by atoms with Crippen molar-refractivity contribution in [1.29, 1.82) is 0 Å². The Bertz CT molecular complexity index is 437. The van der Waals surface area contributed by atoms with E-state index in [-0.39, 0.29) is 17.6 Å². The molecule has 1 unspecified atom stereocenters. The van der Waals surface area contributed by atoms with Crippen molar-refractivity contribution in [2.24, 2.45) is 11.7 Å². The van der Waals surface area contributed by atoms with Crippen LogP contribution in [-0.2, 0) is 11.3 Å². The minimum absolute atomic E-state index is 0.0446. The minimum atomic E-state index is -0.410. The Morgan fingerprint density at radius 2 is 2.21 bits per heavy atom. The number of carbonyl (C=O) groups excluding carboxylic acids is 1. The van der Waals surface area contributed by atoms with Gasteiger partial charge in [0.2, 0.25) is 5.91 Å². The van der Waals surface area contributed by atoms with Gasteiger partial charge in [0.1, 0.15) is 0 Å². The van der Waals surface area contributed by atoms with Gasteiger partial charge in [-0.2, -0.15) is 0 Å². The highest BCUT2D eigenvalue weighted by Crippen LogP contribution is 2.19. The van der Waals surface area contributed by atoms with Gasteiger partial charge in [0.15, 0.2) is 11.6 Å². The molecule has 0 bridgehead atoms. The van der Waals surface area contributed by atoms with Gasteiger partial charge in [0.25, 0.3) is 0 Å². The van der Waals surface area contributed by atoms with E-state index in [0.717, 1.165) is 5.56 Å². The molecule has 0 aliphatic heterocycles. The zero-order valence-corrected chi connectivity index (χ0v) is 11.6. The summed E-state index contributed by atoms with van der Waals surface area (Å²) >= 11 is 0. The van der Waals surface area contributed by atoms with E-state index < -0.39 is 5.82 Å². The van der Waals surface area contributed by atoms with Crippen LogP contribution in [0.3, 0.4) is 0 Å². The van der Waals surface area contributed by atoms with Crippen LogP contribution in [0.25, 0.3) is 0 Å². The first-order valence-corrected chi connectivity index (χ1v) is 6.35. The van der Waals surface area contributed by atoms with Crippen LogP contribution >= 0.6 is 0 Å². The van der Waals surface area contributed by atoms with Gasteiger partial charge >= 0.3 is 0 Å². The number of rotatable bonds is 6. The van der Waals surface area contributed by atoms with Gasteiger partial charge < -0.3 is 15.4 Å². The van der Waals surface area contributed by atoms with Crippen molar-refractivity contribution in [3.63, 3.8) is 0 Å². The van der Waals surface area contributed by atoms with Crippen LogP contribution < -0.4 is 10.5 Å². The first-order chi connectivity index (χ1) is 8.99. The van der Waals surface area contributed by atoms with Gasteiger partial charge in [-0.1, -0.05) is 13.0 Å². The number of amides is 1. The largest absolute Gasteiger partial charge is 0.491 e. The third-order valence-electron chi connectivity index (χ3n) is 2.87. The average Bonchev–Trinajstić information content (AvgIpc) is 2.40. The summed E-state index contributed by atoms with van der Waals surface area (Å²) in [5.41, 5.74) is 6.18. The number of halogens is 1. The van der Waals surface area contributed by atoms with E-state index in [9.17, 15) is 9.18 Å². The summed E-state index contributed by atoms with van der Waals surface area (Å²) in [5.74, 6) is -0.447. The molecule has 0 aromatic heterocycles. The second-order valence-corrected chi connectivity index (χ2v) is 4.53. The van der Waals surface area contributed by atoms with Crippen molar-refractivity contribution in [3.8, 4) is 5.75 Å². The number of benzene rings is 1. The fraction of sp³-hybridized carbons (Fsp3) is 0.500. The highest BCUT2D eigenvalue weighted by atomic mass is 19.1. The van der Waals surface area contributed by atoms with E-state index in [1.807, 2.05) is 0 Å². The molecule has 0 heterocycles. The lowest BCUT2D eigenvalue weighted by Gasteiger charge is -2.20. The molecule has 4 nitrogen and oxygen atoms in total. The maximum absolute atomic E-state index is 13.7. The maximum Gasteiger partial charge on any atom is 0.226 e. The normalized spacial score (nSPS) is 12.1. The van der Waals surface area contributed by atoms with Gasteiger partial charge in [-0.3, -0.25) is 4.79 Å². The summed E-state index contributed by atoms with van der Waals surface area (Å²) in [7, 11) is 1.68. The fourth-order valence-corrected chi connectivity index (χ4v) is 1.74. The summed E-state index contributed by atoms with van der Waals surface area (Å²) in [5, 5.41) is 0. The second-order valence-electron chi connectivity index (χ2n) is 4.53. The maximum atomic E-state index is 13.7. The minimum Gasteiger partial charge on any atom is -0.491 e. The van der Waals surface area contributed by atoms with Crippen molar-refractivity contribution in [3.05, 3.63) is 29.6 Å². The van der Waals surface area contributed by atoms with Crippen LogP contribution in [0.2, 0.25) is 0 Å². The van der Waals surface area contributed by atoms with E-state index in [0.29, 0.717) is 19.7 Å². The highest BCUT2D eigenvalue weighted by Gasteiger charge is 2.16. The molecule has 19 heavy (non-hydrogen) atoms. The lowest BCUT2D eigenvalue weighted by molar-refractivity contribution is -0.133. The first-order valence-electron chi connectivity index (χ1n) is 6.35. The molecule has 1 rings (SSSR count). The summed E-state index contributed by atoms with van der Waals surface area (Å²) in [6.07, 6.45) is 0. The molecule has 0 aliphatic carbocycles. The van der Waals surface area contributed by atoms with Crippen molar-refractivity contribution in [2.75, 3.05) is 20.2 Å². The number of nitrogens with zero attached hydrogens (tertiary/aromatic N) is 1. The Balaban J connectivity index is 2.72. The summed E-state index contributed by atoms with van der Waals surface area (Å²) in [6.45, 7) is 4.65. The molecule has 0 saturated heterocycles. The van der Waals surface area contributed by atoms with Gasteiger partial charge in [0, 0.05) is 26.1 Å². The third kappa shape index (κ3) is 4.21. The molecule has 1 aromatic carbocycles. The van der Waals surface area contributed by atoms with Crippen molar-refractivity contribution in [1.82, 2.24) is 4.90 Å². The Labute approximate surface area is 113 Å². The lowest BCUT2D eigenvalue weighted by atomic mass is 10.1. The molecule has 1 amide bonds. The molecule has 0 fully saturated rings. The van der Waals surface area contributed by atoms with Crippen LogP contribution in [0.15, 0.2) is 18.2 Å². The molecule has 0 radical (unpaired) electrons. The van der Waals surface area contributed by atoms with Crippen molar-refractivity contribution in [2.45, 2.75) is 20.4 Å². The second kappa shape index (κ2) is 7.09. The first kappa shape index (κ1) is 15.4. The molecule has 1 atom stereocenters. The number of hydrogen-bond donors (Lipinski definition) is 1. The molecule has 5 heteroatoms. The molecule has 0 aliphatic rings. The summed E-state index contributed by atoms with van der Waals surface area (Å²) in [6, 6.07) is 4.73. The van der Waals surface area contributed by atoms with Crippen LogP contribution in [0.4, 0.5) is 4.39 Å². The van der Waals surface area contributed by atoms with E-state index in [2.05, 4.69) is 0 Å². The topological polar surface area (TPSA) is 55.6 Å². The van der Waals surface area contributed by atoms with E-state index in [1.54, 1.807) is 37.9 Å². The monoisotopic (exact) mass is 268 g/mol. The molecule has 0 saturated carbocycles. The smallest absolute Gasteiger partial charge is 0.226 e. The van der Waals surface area contributed by atoms with Crippen LogP contribution in [0, 0.1) is 11.7 Å². The Morgan fingerprint density at radius 3 is 2.74 bits per heavy atom. The van der Waals surface area contributed by atoms with Gasteiger partial charge in [-0.15, -0.1) is 0 Å². The molecule has 0 spiro atoms. The Hall–Kier alpha value is -1.62. The van der Waals surface area contributed by atoms with Crippen LogP contribution in [0.1, 0.15) is 19.4 Å². The van der Waals surface area contributed by atoms with Crippen molar-refractivity contribution < 1.29 is 13.9 Å². The zero-order chi connectivity index (χ0) is 14.4. The fourth-order valence-electron chi connectivity index (χ4n) is 1.74. The molecule has 2 N–H and O–H groups in total. The number of carbonyl (C=O) groups is 1. The number of hydrogen-bond acceptors (Lipinski definition) is 3. The molecular weight excluding hydrogens is 247 g/mol. The Kier molecular flexibility index (Phi) is 5.76. The van der Waals surface area contributed by atoms with E-state index >= 15 is 0 Å². The predicted molar refractivity (Wildman–Crippen MR) is 72.3 cm³/mol. The number of nitrogens with two attached hydrogens (primary N) is 1. The Morgan fingerprint density at radius 1 is 1.53 bits per heavy atom. The van der Waals surface area contributed by atoms with Crippen LogP contribution in [0.5, 0.6) is 5.75 Å². The molecule has 106 valence electrons. The number of ether oxygens (including phenoxy) is 1. The van der Waals surface area contributed by atoms with Crippen LogP contribution in [-0.4, -0.2) is 31.0 Å². The lowest BCUT2D eigenvalue weighted by Crippen LogP contribution is -2.34. The third-order valence-corrected chi connectivity index (χ3v) is 2.87. The van der Waals surface area contributed by atoms with Gasteiger partial charge in [-0.25, -0.2) is 4.39 Å². The molecular formula is C14H21FN2O2. The summed E-state index contributed by atoms with van der Waals surface area (Å²) in [4.78, 5) is 13.4. The van der Waals surface area contributed by atoms with Gasteiger partial charge in [0.05, 0.1) is 6.61 Å².